The second kappa shape index (κ2) is 5.61. The third-order valence-corrected chi connectivity index (χ3v) is 2.83. The Morgan fingerprint density at radius 2 is 1.40 bits per heavy atom. The van der Waals surface area contributed by atoms with E-state index in [0.717, 1.165) is 0 Å². The maximum atomic E-state index is 12.6. The molecule has 114 valence electrons. The van der Waals surface area contributed by atoms with Gasteiger partial charge >= 0.3 is 12.4 Å². The van der Waals surface area contributed by atoms with E-state index >= 15 is 0 Å². The predicted octanol–water partition coefficient (Wildman–Crippen LogP) is 3.49. The van der Waals surface area contributed by atoms with Gasteiger partial charge in [0, 0.05) is 6.04 Å². The lowest BCUT2D eigenvalue weighted by Gasteiger charge is -2.20. The third-order valence-electron chi connectivity index (χ3n) is 2.83. The average molecular weight is 301 g/mol. The molecule has 1 aromatic rings. The van der Waals surface area contributed by atoms with Crippen molar-refractivity contribution in [3.8, 4) is 0 Å². The zero-order valence-electron chi connectivity index (χ0n) is 10.4. The van der Waals surface area contributed by atoms with Crippen molar-refractivity contribution in [2.45, 2.75) is 37.8 Å². The van der Waals surface area contributed by atoms with Gasteiger partial charge < -0.3 is 10.8 Å². The van der Waals surface area contributed by atoms with E-state index < -0.39 is 41.2 Å². The van der Waals surface area contributed by atoms with Crippen molar-refractivity contribution < 1.29 is 31.4 Å². The Labute approximate surface area is 111 Å². The maximum absolute atomic E-state index is 12.6. The molecular formula is C12H13F6NO. The number of rotatable bonds is 3. The third kappa shape index (κ3) is 3.86. The van der Waals surface area contributed by atoms with E-state index in [1.165, 1.54) is 0 Å². The van der Waals surface area contributed by atoms with Crippen molar-refractivity contribution >= 4 is 0 Å². The minimum absolute atomic E-state index is 0.00763. The second-order valence-corrected chi connectivity index (χ2v) is 4.36. The lowest BCUT2D eigenvalue weighted by molar-refractivity contribution is -0.143. The molecule has 8 heteroatoms. The van der Waals surface area contributed by atoms with Crippen LogP contribution in [0.5, 0.6) is 0 Å². The summed E-state index contributed by atoms with van der Waals surface area (Å²) in [4.78, 5) is 0. The maximum Gasteiger partial charge on any atom is 0.416 e. The van der Waals surface area contributed by atoms with E-state index in [-0.39, 0.29) is 12.5 Å². The average Bonchev–Trinajstić information content (AvgIpc) is 2.34. The highest BCUT2D eigenvalue weighted by molar-refractivity contribution is 5.35. The van der Waals surface area contributed by atoms with Crippen LogP contribution < -0.4 is 5.73 Å². The molecule has 0 aromatic heterocycles. The zero-order chi connectivity index (χ0) is 15.7. The van der Waals surface area contributed by atoms with Crippen molar-refractivity contribution in [1.82, 2.24) is 0 Å². The van der Waals surface area contributed by atoms with Crippen LogP contribution in [0.25, 0.3) is 0 Å². The van der Waals surface area contributed by atoms with Crippen LogP contribution in [0.1, 0.15) is 36.1 Å². The van der Waals surface area contributed by atoms with Crippen molar-refractivity contribution in [2.75, 3.05) is 0 Å². The van der Waals surface area contributed by atoms with Gasteiger partial charge in [0.2, 0.25) is 0 Å². The molecule has 0 aliphatic heterocycles. The summed E-state index contributed by atoms with van der Waals surface area (Å²) < 4.78 is 75.6. The number of halogens is 6. The number of hydrogen-bond donors (Lipinski definition) is 2. The van der Waals surface area contributed by atoms with Crippen LogP contribution in [-0.4, -0.2) is 11.1 Å². The number of aliphatic hydroxyl groups is 1. The fourth-order valence-electron chi connectivity index (χ4n) is 1.62. The Hall–Kier alpha value is -1.28. The molecule has 0 radical (unpaired) electrons. The van der Waals surface area contributed by atoms with Gasteiger partial charge in [-0.3, -0.25) is 0 Å². The normalized spacial score (nSPS) is 16.1. The fourth-order valence-corrected chi connectivity index (χ4v) is 1.62. The van der Waals surface area contributed by atoms with E-state index in [1.54, 1.807) is 6.92 Å². The van der Waals surface area contributed by atoms with Crippen LogP contribution in [-0.2, 0) is 12.4 Å². The molecule has 0 fully saturated rings. The summed E-state index contributed by atoms with van der Waals surface area (Å²) in [6.07, 6.45) is -11.3. The van der Waals surface area contributed by atoms with Gasteiger partial charge in [-0.05, 0) is 30.2 Å². The summed E-state index contributed by atoms with van der Waals surface area (Å²) >= 11 is 0. The number of aliphatic hydroxyl groups excluding tert-OH is 1. The highest BCUT2D eigenvalue weighted by Gasteiger charge is 2.37. The van der Waals surface area contributed by atoms with Gasteiger partial charge in [0.15, 0.2) is 0 Å². The van der Waals surface area contributed by atoms with E-state index in [1.807, 2.05) is 0 Å². The molecule has 0 spiro atoms. The Kier molecular flexibility index (Phi) is 4.70. The summed E-state index contributed by atoms with van der Waals surface area (Å²) in [5.41, 5.74) is 2.02. The summed E-state index contributed by atoms with van der Waals surface area (Å²) in [5.74, 6) is 0. The standard InChI is InChI=1S/C12H13F6NO/c1-2-9(19)10(20)6-3-7(11(13,14)15)5-8(4-6)12(16,17)18/h3-5,9-10,20H,2,19H2,1H3. The molecule has 0 aliphatic carbocycles. The molecule has 0 saturated carbocycles. The molecule has 3 N–H and O–H groups in total. The van der Waals surface area contributed by atoms with Gasteiger partial charge in [-0.1, -0.05) is 6.92 Å². The number of hydrogen-bond acceptors (Lipinski definition) is 2. The van der Waals surface area contributed by atoms with Crippen molar-refractivity contribution in [1.29, 1.82) is 0 Å². The quantitative estimate of drug-likeness (QED) is 0.839. The zero-order valence-corrected chi connectivity index (χ0v) is 10.4. The minimum atomic E-state index is -4.94. The van der Waals surface area contributed by atoms with Gasteiger partial charge in [-0.2, -0.15) is 26.3 Å². The van der Waals surface area contributed by atoms with E-state index in [4.69, 9.17) is 5.73 Å². The molecule has 0 bridgehead atoms. The molecule has 0 saturated heterocycles. The topological polar surface area (TPSA) is 46.2 Å². The fraction of sp³-hybridized carbons (Fsp3) is 0.500. The molecule has 20 heavy (non-hydrogen) atoms. The SMILES string of the molecule is CCC(N)C(O)c1cc(C(F)(F)F)cc(C(F)(F)F)c1. The summed E-state index contributed by atoms with van der Waals surface area (Å²) in [5, 5.41) is 9.71. The molecule has 2 unspecified atom stereocenters. The van der Waals surface area contributed by atoms with Crippen LogP contribution in [0, 0.1) is 0 Å². The monoisotopic (exact) mass is 301 g/mol. The van der Waals surface area contributed by atoms with E-state index in [9.17, 15) is 31.4 Å². The predicted molar refractivity (Wildman–Crippen MR) is 59.7 cm³/mol. The van der Waals surface area contributed by atoms with Crippen molar-refractivity contribution in [3.63, 3.8) is 0 Å². The molecule has 1 rings (SSSR count). The Balaban J connectivity index is 3.38. The first-order chi connectivity index (χ1) is 8.96. The highest BCUT2D eigenvalue weighted by Crippen LogP contribution is 2.37. The summed E-state index contributed by atoms with van der Waals surface area (Å²) in [7, 11) is 0. The Morgan fingerprint density at radius 3 is 1.70 bits per heavy atom. The largest absolute Gasteiger partial charge is 0.416 e. The van der Waals surface area contributed by atoms with Gasteiger partial charge in [0.05, 0.1) is 17.2 Å². The highest BCUT2D eigenvalue weighted by atomic mass is 19.4. The van der Waals surface area contributed by atoms with E-state index in [2.05, 4.69) is 0 Å². The van der Waals surface area contributed by atoms with Gasteiger partial charge in [0.25, 0.3) is 0 Å². The lowest BCUT2D eigenvalue weighted by Crippen LogP contribution is -2.28. The Morgan fingerprint density at radius 1 is 1.00 bits per heavy atom. The molecule has 2 atom stereocenters. The second-order valence-electron chi connectivity index (χ2n) is 4.36. The van der Waals surface area contributed by atoms with Gasteiger partial charge in [0.1, 0.15) is 0 Å². The molecular weight excluding hydrogens is 288 g/mol. The molecule has 2 nitrogen and oxygen atoms in total. The molecule has 0 aliphatic rings. The number of benzene rings is 1. The number of nitrogens with two attached hydrogens (primary N) is 1. The van der Waals surface area contributed by atoms with Crippen LogP contribution in [0.2, 0.25) is 0 Å². The molecule has 0 amide bonds. The van der Waals surface area contributed by atoms with E-state index in [0.29, 0.717) is 12.1 Å². The smallest absolute Gasteiger partial charge is 0.387 e. The van der Waals surface area contributed by atoms with Gasteiger partial charge in [-0.15, -0.1) is 0 Å². The Bertz CT molecular complexity index is 436. The number of alkyl halides is 6. The van der Waals surface area contributed by atoms with Gasteiger partial charge in [-0.25, -0.2) is 0 Å². The van der Waals surface area contributed by atoms with Crippen LogP contribution in [0.4, 0.5) is 26.3 Å². The first-order valence-corrected chi connectivity index (χ1v) is 5.69. The van der Waals surface area contributed by atoms with Crippen LogP contribution >= 0.6 is 0 Å². The lowest BCUT2D eigenvalue weighted by atomic mass is 9.96. The summed E-state index contributed by atoms with van der Waals surface area (Å²) in [6, 6.07) is 0.0259. The first kappa shape index (κ1) is 16.8. The first-order valence-electron chi connectivity index (χ1n) is 5.69. The van der Waals surface area contributed by atoms with Crippen LogP contribution in [0.3, 0.4) is 0 Å². The minimum Gasteiger partial charge on any atom is -0.387 e. The summed E-state index contributed by atoms with van der Waals surface area (Å²) in [6.45, 7) is 1.56. The van der Waals surface area contributed by atoms with Crippen molar-refractivity contribution in [3.05, 3.63) is 34.9 Å². The van der Waals surface area contributed by atoms with Crippen molar-refractivity contribution in [2.24, 2.45) is 5.73 Å². The van der Waals surface area contributed by atoms with Crippen LogP contribution in [0.15, 0.2) is 18.2 Å². The molecule has 1 aromatic carbocycles. The molecule has 0 heterocycles.